The third-order valence-corrected chi connectivity index (χ3v) is 7.07. The molecule has 0 saturated carbocycles. The zero-order valence-electron chi connectivity index (χ0n) is 18.1. The molecule has 10 heteroatoms. The number of carbonyl (C=O) groups excluding carboxylic acids is 2. The fraction of sp³-hybridized carbons (Fsp3) is 0.417. The first-order chi connectivity index (χ1) is 16.2. The molecule has 2 amide bonds. The van der Waals surface area contributed by atoms with E-state index in [0.717, 1.165) is 23.8 Å². The van der Waals surface area contributed by atoms with Crippen LogP contribution in [-0.4, -0.2) is 47.5 Å². The number of alkyl halides is 3. The fourth-order valence-corrected chi connectivity index (χ4v) is 5.21. The molecule has 180 valence electrons. The largest absolute Gasteiger partial charge is 0.454 e. The molecular formula is C24H22ClF3N2O4. The molecule has 3 aliphatic heterocycles. The van der Waals surface area contributed by atoms with Crippen molar-refractivity contribution in [1.29, 1.82) is 0 Å². The van der Waals surface area contributed by atoms with Crippen molar-refractivity contribution in [2.45, 2.75) is 38.0 Å². The molecule has 0 unspecified atom stereocenters. The molecule has 0 aliphatic carbocycles. The van der Waals surface area contributed by atoms with Crippen molar-refractivity contribution in [3.05, 3.63) is 58.1 Å². The van der Waals surface area contributed by atoms with Gasteiger partial charge in [-0.05, 0) is 54.7 Å². The average molecular weight is 495 g/mol. The van der Waals surface area contributed by atoms with Crippen LogP contribution in [0.15, 0.2) is 36.4 Å². The van der Waals surface area contributed by atoms with Crippen LogP contribution in [0.25, 0.3) is 0 Å². The quantitative estimate of drug-likeness (QED) is 0.618. The number of piperidine rings is 2. The predicted molar refractivity (Wildman–Crippen MR) is 117 cm³/mol. The van der Waals surface area contributed by atoms with Crippen molar-refractivity contribution in [3.63, 3.8) is 0 Å². The maximum atomic E-state index is 13.1. The molecule has 0 N–H and O–H groups in total. The second kappa shape index (κ2) is 8.69. The molecule has 5 rings (SSSR count). The van der Waals surface area contributed by atoms with Gasteiger partial charge in [-0.15, -0.1) is 0 Å². The number of nitrogens with zero attached hydrogens (tertiary/aromatic N) is 2. The van der Waals surface area contributed by atoms with Crippen molar-refractivity contribution < 1.29 is 32.2 Å². The minimum Gasteiger partial charge on any atom is -0.454 e. The maximum absolute atomic E-state index is 13.1. The smallest absolute Gasteiger partial charge is 0.416 e. The van der Waals surface area contributed by atoms with E-state index in [0.29, 0.717) is 50.4 Å². The maximum Gasteiger partial charge on any atom is 0.416 e. The number of fused-ring (bicyclic) bond motifs is 2. The normalized spacial score (nSPS) is 22.1. The standard InChI is InChI=1S/C24H22ClF3N2O4/c25-18-4-3-16(24(26,27)28)10-17(18)23(32)29-8-7-19-15(12-29)2-6-22(31)30(19)11-14-1-5-20-21(9-14)34-13-33-20/h1,3-5,9-10,15,19H,2,6-8,11-13H2/t15-,19+/m1/s1. The molecule has 2 saturated heterocycles. The molecule has 2 aromatic rings. The number of amides is 2. The Bertz CT molecular complexity index is 1140. The number of ether oxygens (including phenoxy) is 2. The van der Waals surface area contributed by atoms with Crippen LogP contribution in [0.1, 0.15) is 40.7 Å². The summed E-state index contributed by atoms with van der Waals surface area (Å²) in [4.78, 5) is 29.3. The van der Waals surface area contributed by atoms with E-state index in [1.165, 1.54) is 0 Å². The van der Waals surface area contributed by atoms with E-state index in [1.54, 1.807) is 4.90 Å². The van der Waals surface area contributed by atoms with Gasteiger partial charge in [-0.1, -0.05) is 17.7 Å². The summed E-state index contributed by atoms with van der Waals surface area (Å²) < 4.78 is 50.2. The average Bonchev–Trinajstić information content (AvgIpc) is 3.27. The summed E-state index contributed by atoms with van der Waals surface area (Å²) in [7, 11) is 0. The molecule has 3 aliphatic rings. The van der Waals surface area contributed by atoms with E-state index in [2.05, 4.69) is 0 Å². The molecule has 0 aromatic heterocycles. The Morgan fingerprint density at radius 1 is 1.09 bits per heavy atom. The van der Waals surface area contributed by atoms with E-state index in [-0.39, 0.29) is 35.2 Å². The van der Waals surface area contributed by atoms with Gasteiger partial charge in [-0.3, -0.25) is 9.59 Å². The monoisotopic (exact) mass is 494 g/mol. The SMILES string of the molecule is O=C(c1cc(C(F)(F)F)ccc1Cl)N1CC[C@H]2[C@H](CCC(=O)N2Cc2ccc3c(c2)OCO3)C1. The van der Waals surface area contributed by atoms with Crippen molar-refractivity contribution in [2.24, 2.45) is 5.92 Å². The van der Waals surface area contributed by atoms with Crippen molar-refractivity contribution in [3.8, 4) is 11.5 Å². The highest BCUT2D eigenvalue weighted by Crippen LogP contribution is 2.37. The Kier molecular flexibility index (Phi) is 5.83. The lowest BCUT2D eigenvalue weighted by atomic mass is 9.83. The van der Waals surface area contributed by atoms with Gasteiger partial charge in [0.05, 0.1) is 16.1 Å². The molecule has 34 heavy (non-hydrogen) atoms. The lowest BCUT2D eigenvalue weighted by Crippen LogP contribution is -2.56. The summed E-state index contributed by atoms with van der Waals surface area (Å²) >= 11 is 6.08. The van der Waals surface area contributed by atoms with Crippen molar-refractivity contribution >= 4 is 23.4 Å². The minimum absolute atomic E-state index is 0.0108. The molecule has 2 fully saturated rings. The van der Waals surface area contributed by atoms with Crippen LogP contribution >= 0.6 is 11.6 Å². The molecule has 6 nitrogen and oxygen atoms in total. The van der Waals surface area contributed by atoms with Crippen LogP contribution in [0.5, 0.6) is 11.5 Å². The number of likely N-dealkylation sites (tertiary alicyclic amines) is 2. The van der Waals surface area contributed by atoms with Crippen molar-refractivity contribution in [2.75, 3.05) is 19.9 Å². The van der Waals surface area contributed by atoms with Gasteiger partial charge in [0.25, 0.3) is 5.91 Å². The molecule has 2 aromatic carbocycles. The van der Waals surface area contributed by atoms with Crippen molar-refractivity contribution in [1.82, 2.24) is 9.80 Å². The zero-order chi connectivity index (χ0) is 24.0. The molecule has 2 atom stereocenters. The zero-order valence-corrected chi connectivity index (χ0v) is 18.9. The lowest BCUT2D eigenvalue weighted by Gasteiger charge is -2.47. The number of carbonyl (C=O) groups is 2. The van der Waals surface area contributed by atoms with Gasteiger partial charge in [-0.25, -0.2) is 0 Å². The summed E-state index contributed by atoms with van der Waals surface area (Å²) in [5, 5.41) is -0.0108. The highest BCUT2D eigenvalue weighted by atomic mass is 35.5. The third kappa shape index (κ3) is 4.29. The van der Waals surface area contributed by atoms with Crippen LogP contribution in [-0.2, 0) is 17.5 Å². The Morgan fingerprint density at radius 2 is 1.88 bits per heavy atom. The van der Waals surface area contributed by atoms with Crippen LogP contribution in [0, 0.1) is 5.92 Å². The summed E-state index contributed by atoms with van der Waals surface area (Å²) in [6.07, 6.45) is -3.03. The third-order valence-electron chi connectivity index (χ3n) is 6.74. The van der Waals surface area contributed by atoms with E-state index >= 15 is 0 Å². The molecule has 0 bridgehead atoms. The number of halogens is 4. The Balaban J connectivity index is 1.31. The van der Waals surface area contributed by atoms with Gasteiger partial charge in [-0.2, -0.15) is 13.2 Å². The van der Waals surface area contributed by atoms with Crippen LogP contribution < -0.4 is 9.47 Å². The number of benzene rings is 2. The van der Waals surface area contributed by atoms with Gasteiger partial charge < -0.3 is 19.3 Å². The van der Waals surface area contributed by atoms with E-state index < -0.39 is 17.6 Å². The van der Waals surface area contributed by atoms with Crippen LogP contribution in [0.4, 0.5) is 13.2 Å². The van der Waals surface area contributed by atoms with E-state index in [4.69, 9.17) is 21.1 Å². The van der Waals surface area contributed by atoms with Crippen LogP contribution in [0.3, 0.4) is 0 Å². The first-order valence-electron chi connectivity index (χ1n) is 11.0. The predicted octanol–water partition coefficient (Wildman–Crippen LogP) is 4.74. The molecule has 0 spiro atoms. The van der Waals surface area contributed by atoms with Gasteiger partial charge in [0, 0.05) is 32.1 Å². The molecule has 0 radical (unpaired) electrons. The van der Waals surface area contributed by atoms with Crippen LogP contribution in [0.2, 0.25) is 5.02 Å². The van der Waals surface area contributed by atoms with Gasteiger partial charge in [0.1, 0.15) is 0 Å². The summed E-state index contributed by atoms with van der Waals surface area (Å²) in [5.74, 6) is 0.894. The Morgan fingerprint density at radius 3 is 2.68 bits per heavy atom. The minimum atomic E-state index is -4.56. The van der Waals surface area contributed by atoms with Gasteiger partial charge in [0.15, 0.2) is 11.5 Å². The first-order valence-corrected chi connectivity index (χ1v) is 11.4. The summed E-state index contributed by atoms with van der Waals surface area (Å²) in [6, 6.07) is 8.33. The summed E-state index contributed by atoms with van der Waals surface area (Å²) in [6.45, 7) is 1.29. The number of hydrogen-bond acceptors (Lipinski definition) is 4. The van der Waals surface area contributed by atoms with E-state index in [1.807, 2.05) is 23.1 Å². The Hall–Kier alpha value is -2.94. The van der Waals surface area contributed by atoms with Gasteiger partial charge >= 0.3 is 6.18 Å². The lowest BCUT2D eigenvalue weighted by molar-refractivity contribution is -0.141. The van der Waals surface area contributed by atoms with E-state index in [9.17, 15) is 22.8 Å². The first kappa shape index (κ1) is 22.8. The topological polar surface area (TPSA) is 59.1 Å². The van der Waals surface area contributed by atoms with Gasteiger partial charge in [0.2, 0.25) is 12.7 Å². The number of hydrogen-bond donors (Lipinski definition) is 0. The highest BCUT2D eigenvalue weighted by Gasteiger charge is 2.41. The molecular weight excluding hydrogens is 473 g/mol. The fourth-order valence-electron chi connectivity index (χ4n) is 5.01. The Labute approximate surface area is 199 Å². The second-order valence-electron chi connectivity index (χ2n) is 8.81. The second-order valence-corrected chi connectivity index (χ2v) is 9.21. The summed E-state index contributed by atoms with van der Waals surface area (Å²) in [5.41, 5.74) is -0.139. The molecule has 3 heterocycles. The number of rotatable bonds is 3. The highest BCUT2D eigenvalue weighted by molar-refractivity contribution is 6.33.